The summed E-state index contributed by atoms with van der Waals surface area (Å²) < 4.78 is 25.5. The van der Waals surface area contributed by atoms with Gasteiger partial charge >= 0.3 is 0 Å². The van der Waals surface area contributed by atoms with Crippen molar-refractivity contribution in [2.45, 2.75) is 67.0 Å². The molecule has 14 heteroatoms. The van der Waals surface area contributed by atoms with Crippen LogP contribution in [0.5, 0.6) is 11.5 Å². The van der Waals surface area contributed by atoms with Gasteiger partial charge in [-0.1, -0.05) is 57.8 Å². The van der Waals surface area contributed by atoms with E-state index in [4.69, 9.17) is 41.7 Å². The summed E-state index contributed by atoms with van der Waals surface area (Å²) in [4.78, 5) is 26.4. The molecule has 0 bridgehead atoms. The lowest BCUT2D eigenvalue weighted by Gasteiger charge is -2.17. The summed E-state index contributed by atoms with van der Waals surface area (Å²) in [5, 5.41) is 30.1. The minimum atomic E-state index is -0.185. The molecule has 0 aliphatic carbocycles. The van der Waals surface area contributed by atoms with Gasteiger partial charge in [-0.25, -0.2) is 0 Å². The highest BCUT2D eigenvalue weighted by atomic mass is 35.5. The number of halogens is 2. The van der Waals surface area contributed by atoms with Crippen LogP contribution in [-0.2, 0) is 32.4 Å². The van der Waals surface area contributed by atoms with E-state index >= 15 is 0 Å². The van der Waals surface area contributed by atoms with Crippen LogP contribution in [0.3, 0.4) is 0 Å². The van der Waals surface area contributed by atoms with Crippen LogP contribution >= 0.6 is 23.2 Å². The minimum absolute atomic E-state index is 0.0440. The van der Waals surface area contributed by atoms with Gasteiger partial charge < -0.3 is 27.7 Å². The Kier molecular flexibility index (Phi) is 13.4. The molecule has 0 aliphatic rings. The molecule has 4 aromatic carbocycles. The number of fused-ring (bicyclic) bond motifs is 2. The third kappa shape index (κ3) is 8.89. The molecule has 0 spiro atoms. The van der Waals surface area contributed by atoms with Gasteiger partial charge in [0.15, 0.2) is 0 Å². The van der Waals surface area contributed by atoms with Gasteiger partial charge in [-0.3, -0.25) is 9.59 Å². The van der Waals surface area contributed by atoms with Crippen LogP contribution in [0.2, 0.25) is 10.0 Å². The van der Waals surface area contributed by atoms with Crippen molar-refractivity contribution < 1.29 is 18.5 Å². The van der Waals surface area contributed by atoms with E-state index in [2.05, 4.69) is 22.5 Å². The van der Waals surface area contributed by atoms with Gasteiger partial charge in [0.1, 0.15) is 29.1 Å². The SMILES string of the molecule is COc1cc2c(cc1-c1c(C)noc1C)c(C#N)c(C)c(=O)n2CCc1ccc(Cl)cc1.COc1cc2c(cc1-c1c(C)noc1C)cc(CC#N)c(=O)n2CCc1ccc(Cl)cc1. The Balaban J connectivity index is 0.000000191. The maximum Gasteiger partial charge on any atom is 0.255 e. The molecule has 0 radical (unpaired) electrons. The number of rotatable bonds is 11. The zero-order valence-corrected chi connectivity index (χ0v) is 37.9. The van der Waals surface area contributed by atoms with Crippen LogP contribution in [-0.4, -0.2) is 33.7 Å². The number of nitriles is 2. The number of pyridine rings is 2. The average molecular weight is 896 g/mol. The first kappa shape index (κ1) is 44.9. The van der Waals surface area contributed by atoms with Crippen LogP contribution in [0, 0.1) is 57.3 Å². The number of nitrogens with zero attached hydrogens (tertiary/aromatic N) is 6. The van der Waals surface area contributed by atoms with Crippen molar-refractivity contribution in [3.05, 3.63) is 160 Å². The van der Waals surface area contributed by atoms with E-state index in [1.54, 1.807) is 36.3 Å². The molecule has 0 atom stereocenters. The first-order valence-corrected chi connectivity index (χ1v) is 21.2. The lowest BCUT2D eigenvalue weighted by molar-refractivity contribution is 0.393. The highest BCUT2D eigenvalue weighted by Gasteiger charge is 2.22. The fraction of sp³-hybridized carbons (Fsp3) is 0.240. The Morgan fingerprint density at radius 3 is 1.59 bits per heavy atom. The number of benzene rings is 4. The van der Waals surface area contributed by atoms with E-state index in [1.165, 1.54) is 0 Å². The number of methoxy groups -OCH3 is 2. The molecule has 8 aromatic rings. The lowest BCUT2D eigenvalue weighted by Crippen LogP contribution is -2.25. The standard InChI is InChI=1S/2C25H22ClN3O3/c1-14-21(13-27)19-11-20(24-15(2)28-32-16(24)3)23(31-4)12-22(19)29(25(14)30)10-9-17-5-7-18(26)8-6-17;1-15-24(16(2)32-28-15)21-13-19-12-18(8-10-27)25(30)29(22(19)14-23(21)31-3)11-9-17-4-6-20(26)7-5-17/h5-8,11-12H,9-10H2,1-4H3;4-7,12-14H,8-9,11H2,1-3H3. The molecule has 64 heavy (non-hydrogen) atoms. The third-order valence-electron chi connectivity index (χ3n) is 11.4. The molecular weight excluding hydrogens is 851 g/mol. The van der Waals surface area contributed by atoms with Gasteiger partial charge in [-0.2, -0.15) is 10.5 Å². The second-order valence-electron chi connectivity index (χ2n) is 15.4. The van der Waals surface area contributed by atoms with Gasteiger partial charge in [0.2, 0.25) is 0 Å². The maximum absolute atomic E-state index is 13.2. The molecule has 0 saturated carbocycles. The van der Waals surface area contributed by atoms with Gasteiger partial charge in [0.25, 0.3) is 11.1 Å². The lowest BCUT2D eigenvalue weighted by atomic mass is 9.97. The number of aryl methyl sites for hydroxylation is 8. The van der Waals surface area contributed by atoms with Crippen LogP contribution in [0.4, 0.5) is 0 Å². The fourth-order valence-corrected chi connectivity index (χ4v) is 8.38. The van der Waals surface area contributed by atoms with Crippen molar-refractivity contribution in [3.8, 4) is 45.9 Å². The number of ether oxygens (including phenoxy) is 2. The van der Waals surface area contributed by atoms with Crippen molar-refractivity contribution >= 4 is 45.0 Å². The normalized spacial score (nSPS) is 11.0. The van der Waals surface area contributed by atoms with Crippen molar-refractivity contribution in [1.82, 2.24) is 19.4 Å². The quantitative estimate of drug-likeness (QED) is 0.122. The van der Waals surface area contributed by atoms with Gasteiger partial charge in [0, 0.05) is 62.9 Å². The van der Waals surface area contributed by atoms with Crippen molar-refractivity contribution in [1.29, 1.82) is 10.5 Å². The second-order valence-corrected chi connectivity index (χ2v) is 16.2. The molecule has 0 fully saturated rings. The van der Waals surface area contributed by atoms with Gasteiger partial charge in [-0.15, -0.1) is 0 Å². The summed E-state index contributed by atoms with van der Waals surface area (Å²) in [6, 6.07) is 28.8. The van der Waals surface area contributed by atoms with Crippen LogP contribution < -0.4 is 20.6 Å². The molecule has 0 saturated heterocycles. The van der Waals surface area contributed by atoms with Crippen molar-refractivity contribution in [3.63, 3.8) is 0 Å². The Labute approximate surface area is 379 Å². The van der Waals surface area contributed by atoms with Crippen molar-refractivity contribution in [2.24, 2.45) is 0 Å². The Hall–Kier alpha value is -7.12. The Morgan fingerprint density at radius 1 is 0.656 bits per heavy atom. The first-order chi connectivity index (χ1) is 30.8. The minimum Gasteiger partial charge on any atom is -0.496 e. The zero-order chi connectivity index (χ0) is 45.8. The molecule has 0 amide bonds. The molecule has 12 nitrogen and oxygen atoms in total. The Bertz CT molecular complexity index is 3220. The van der Waals surface area contributed by atoms with Crippen LogP contribution in [0.1, 0.15) is 50.7 Å². The smallest absolute Gasteiger partial charge is 0.255 e. The number of aromatic nitrogens is 4. The Morgan fingerprint density at radius 2 is 1.14 bits per heavy atom. The summed E-state index contributed by atoms with van der Waals surface area (Å²) >= 11 is 12.0. The fourth-order valence-electron chi connectivity index (χ4n) is 8.13. The molecule has 4 heterocycles. The molecule has 4 aromatic heterocycles. The zero-order valence-electron chi connectivity index (χ0n) is 36.4. The summed E-state index contributed by atoms with van der Waals surface area (Å²) in [5.41, 5.74) is 9.22. The predicted octanol–water partition coefficient (Wildman–Crippen LogP) is 10.6. The van der Waals surface area contributed by atoms with E-state index in [0.717, 1.165) is 55.7 Å². The second kappa shape index (κ2) is 19.1. The predicted molar refractivity (Wildman–Crippen MR) is 249 cm³/mol. The van der Waals surface area contributed by atoms with Crippen molar-refractivity contribution in [2.75, 3.05) is 14.2 Å². The average Bonchev–Trinajstić information content (AvgIpc) is 3.81. The van der Waals surface area contributed by atoms with Gasteiger partial charge in [-0.05, 0) is 106 Å². The summed E-state index contributed by atoms with van der Waals surface area (Å²) in [6.07, 6.45) is 1.34. The summed E-state index contributed by atoms with van der Waals surface area (Å²) in [7, 11) is 3.18. The molecular formula is C50H44Cl2N6O6. The number of hydrogen-bond acceptors (Lipinski definition) is 10. The first-order valence-electron chi connectivity index (χ1n) is 20.4. The topological polar surface area (TPSA) is 162 Å². The van der Waals surface area contributed by atoms with Crippen LogP contribution in [0.25, 0.3) is 44.1 Å². The van der Waals surface area contributed by atoms with E-state index in [0.29, 0.717) is 86.6 Å². The summed E-state index contributed by atoms with van der Waals surface area (Å²) in [6.45, 7) is 10.0. The molecule has 0 aliphatic heterocycles. The molecule has 324 valence electrons. The maximum atomic E-state index is 13.2. The largest absolute Gasteiger partial charge is 0.496 e. The van der Waals surface area contributed by atoms with Crippen LogP contribution in [0.15, 0.2) is 97.5 Å². The van der Waals surface area contributed by atoms with E-state index in [-0.39, 0.29) is 17.5 Å². The monoisotopic (exact) mass is 894 g/mol. The highest BCUT2D eigenvalue weighted by molar-refractivity contribution is 6.30. The highest BCUT2D eigenvalue weighted by Crippen LogP contribution is 2.40. The van der Waals surface area contributed by atoms with E-state index in [1.807, 2.05) is 100 Å². The summed E-state index contributed by atoms with van der Waals surface area (Å²) in [5.74, 6) is 2.55. The third-order valence-corrected chi connectivity index (χ3v) is 11.9. The molecule has 8 rings (SSSR count). The van der Waals surface area contributed by atoms with E-state index in [9.17, 15) is 20.1 Å². The number of hydrogen-bond donors (Lipinski definition) is 0. The van der Waals surface area contributed by atoms with Gasteiger partial charge in [0.05, 0.1) is 65.8 Å². The molecule has 0 N–H and O–H groups in total. The van der Waals surface area contributed by atoms with E-state index < -0.39 is 0 Å². The molecule has 0 unspecified atom stereocenters.